The van der Waals surface area contributed by atoms with Crippen molar-refractivity contribution in [3.05, 3.63) is 82.3 Å². The molecule has 0 bridgehead atoms. The van der Waals surface area contributed by atoms with Crippen molar-refractivity contribution >= 4 is 16.8 Å². The molecule has 1 atom stereocenters. The number of aromatic amines is 1. The van der Waals surface area contributed by atoms with Crippen molar-refractivity contribution in [3.8, 4) is 11.1 Å². The Bertz CT molecular complexity index is 1390. The van der Waals surface area contributed by atoms with Crippen LogP contribution in [0.4, 0.5) is 8.78 Å². The number of fused-ring (bicyclic) bond motifs is 2. The van der Waals surface area contributed by atoms with E-state index in [1.165, 1.54) is 23.9 Å². The van der Waals surface area contributed by atoms with E-state index in [1.807, 2.05) is 13.8 Å². The largest absolute Gasteiger partial charge is 0.333 e. The van der Waals surface area contributed by atoms with Crippen LogP contribution in [-0.2, 0) is 6.42 Å². The Labute approximate surface area is 196 Å². The minimum atomic E-state index is -2.76. The molecule has 4 aromatic rings. The Morgan fingerprint density at radius 3 is 2.79 bits per heavy atom. The first kappa shape index (κ1) is 22.2. The van der Waals surface area contributed by atoms with Gasteiger partial charge in [0.25, 0.3) is 12.3 Å². The van der Waals surface area contributed by atoms with Crippen molar-refractivity contribution in [3.63, 3.8) is 0 Å². The SMILES string of the molecule is Cc1ccc(-c2ccc3c(C)[nH]nc3c2)c2c1[C@@H](N(C)C(=O)c1ncccc1C(F)F)CCC2. The van der Waals surface area contributed by atoms with Crippen LogP contribution in [0.5, 0.6) is 0 Å². The Morgan fingerprint density at radius 2 is 2.00 bits per heavy atom. The number of carbonyl (C=O) groups is 1. The van der Waals surface area contributed by atoms with Gasteiger partial charge in [-0.25, -0.2) is 8.78 Å². The molecule has 1 aliphatic carbocycles. The number of aromatic nitrogens is 3. The monoisotopic (exact) mass is 460 g/mol. The van der Waals surface area contributed by atoms with Gasteiger partial charge < -0.3 is 4.90 Å². The molecule has 1 aliphatic rings. The van der Waals surface area contributed by atoms with Gasteiger partial charge in [-0.2, -0.15) is 5.10 Å². The summed E-state index contributed by atoms with van der Waals surface area (Å²) in [5.74, 6) is -0.480. The Hall–Kier alpha value is -3.61. The first-order chi connectivity index (χ1) is 16.4. The number of pyridine rings is 1. The van der Waals surface area contributed by atoms with Crippen molar-refractivity contribution in [1.29, 1.82) is 0 Å². The average molecular weight is 461 g/mol. The highest BCUT2D eigenvalue weighted by Crippen LogP contribution is 2.41. The van der Waals surface area contributed by atoms with E-state index in [0.29, 0.717) is 0 Å². The lowest BCUT2D eigenvalue weighted by Gasteiger charge is -2.35. The minimum Gasteiger partial charge on any atom is -0.333 e. The van der Waals surface area contributed by atoms with Crippen molar-refractivity contribution < 1.29 is 13.6 Å². The van der Waals surface area contributed by atoms with Crippen LogP contribution in [0.15, 0.2) is 48.7 Å². The molecule has 7 heteroatoms. The van der Waals surface area contributed by atoms with Gasteiger partial charge in [0.05, 0.1) is 11.6 Å². The molecule has 0 spiro atoms. The lowest BCUT2D eigenvalue weighted by Crippen LogP contribution is -2.35. The maximum atomic E-state index is 13.5. The van der Waals surface area contributed by atoms with Crippen LogP contribution in [0.2, 0.25) is 0 Å². The number of benzene rings is 2. The van der Waals surface area contributed by atoms with Crippen molar-refractivity contribution in [2.45, 2.75) is 45.6 Å². The number of amides is 1. The topological polar surface area (TPSA) is 61.9 Å². The van der Waals surface area contributed by atoms with Gasteiger partial charge in [-0.15, -0.1) is 0 Å². The van der Waals surface area contributed by atoms with Gasteiger partial charge in [0, 0.05) is 29.9 Å². The smallest absolute Gasteiger partial charge is 0.273 e. The third-order valence-electron chi connectivity index (χ3n) is 6.93. The lowest BCUT2D eigenvalue weighted by molar-refractivity contribution is 0.0696. The average Bonchev–Trinajstić information content (AvgIpc) is 3.23. The van der Waals surface area contributed by atoms with Gasteiger partial charge in [-0.1, -0.05) is 24.3 Å². The van der Waals surface area contributed by atoms with Gasteiger partial charge in [0.15, 0.2) is 0 Å². The summed E-state index contributed by atoms with van der Waals surface area (Å²) in [7, 11) is 1.69. The number of alkyl halides is 2. The standard InChI is InChI=1S/C27H26F2N4O/c1-15-9-11-19(17-10-12-18-16(2)31-32-22(18)14-17)20-6-4-8-23(24(15)20)33(3)27(34)25-21(26(28)29)7-5-13-30-25/h5,7,9-14,23,26H,4,6,8H2,1-3H3,(H,31,32)/t23-/m0/s1. The molecule has 1 N–H and O–H groups in total. The molecule has 1 amide bonds. The number of carbonyl (C=O) groups excluding carboxylic acids is 1. The van der Waals surface area contributed by atoms with Gasteiger partial charge >= 0.3 is 0 Å². The summed E-state index contributed by atoms with van der Waals surface area (Å²) in [6.45, 7) is 4.05. The maximum Gasteiger partial charge on any atom is 0.273 e. The highest BCUT2D eigenvalue weighted by molar-refractivity contribution is 5.94. The van der Waals surface area contributed by atoms with Crippen LogP contribution < -0.4 is 0 Å². The minimum absolute atomic E-state index is 0.180. The molecule has 0 unspecified atom stereocenters. The molecule has 2 aromatic heterocycles. The van der Waals surface area contributed by atoms with Crippen LogP contribution in [0.1, 0.15) is 63.7 Å². The Balaban J connectivity index is 1.57. The highest BCUT2D eigenvalue weighted by Gasteiger charge is 2.32. The maximum absolute atomic E-state index is 13.5. The summed E-state index contributed by atoms with van der Waals surface area (Å²) < 4.78 is 27.1. The van der Waals surface area contributed by atoms with Gasteiger partial charge in [-0.05, 0) is 79.1 Å². The zero-order chi connectivity index (χ0) is 24.0. The molecule has 0 fully saturated rings. The molecule has 0 aliphatic heterocycles. The molecule has 5 rings (SSSR count). The number of hydrogen-bond acceptors (Lipinski definition) is 3. The van der Waals surface area contributed by atoms with Crippen molar-refractivity contribution in [2.24, 2.45) is 0 Å². The van der Waals surface area contributed by atoms with E-state index in [4.69, 9.17) is 0 Å². The molecule has 2 heterocycles. The number of nitrogens with zero attached hydrogens (tertiary/aromatic N) is 3. The highest BCUT2D eigenvalue weighted by atomic mass is 19.3. The Kier molecular flexibility index (Phi) is 5.63. The fourth-order valence-electron chi connectivity index (χ4n) is 5.18. The lowest BCUT2D eigenvalue weighted by atomic mass is 9.80. The van der Waals surface area contributed by atoms with Gasteiger partial charge in [-0.3, -0.25) is 14.9 Å². The van der Waals surface area contributed by atoms with E-state index >= 15 is 0 Å². The first-order valence-corrected chi connectivity index (χ1v) is 11.4. The molecule has 174 valence electrons. The first-order valence-electron chi connectivity index (χ1n) is 11.4. The molecular weight excluding hydrogens is 434 g/mol. The summed E-state index contributed by atoms with van der Waals surface area (Å²) in [5, 5.41) is 8.54. The van der Waals surface area contributed by atoms with E-state index < -0.39 is 12.3 Å². The van der Waals surface area contributed by atoms with Crippen LogP contribution >= 0.6 is 0 Å². The van der Waals surface area contributed by atoms with Gasteiger partial charge in [0.2, 0.25) is 0 Å². The van der Waals surface area contributed by atoms with E-state index in [0.717, 1.165) is 58.1 Å². The third-order valence-corrected chi connectivity index (χ3v) is 6.93. The second-order valence-electron chi connectivity index (χ2n) is 8.97. The second-order valence-corrected chi connectivity index (χ2v) is 8.97. The zero-order valence-electron chi connectivity index (χ0n) is 19.4. The number of halogens is 2. The number of hydrogen-bond donors (Lipinski definition) is 1. The summed E-state index contributed by atoms with van der Waals surface area (Å²) >= 11 is 0. The molecule has 34 heavy (non-hydrogen) atoms. The van der Waals surface area contributed by atoms with Crippen molar-refractivity contribution in [2.75, 3.05) is 7.05 Å². The zero-order valence-corrected chi connectivity index (χ0v) is 19.4. The van der Waals surface area contributed by atoms with Gasteiger partial charge in [0.1, 0.15) is 5.69 Å². The molecule has 0 saturated heterocycles. The van der Waals surface area contributed by atoms with Crippen LogP contribution in [0.25, 0.3) is 22.0 Å². The fraction of sp³-hybridized carbons (Fsp3) is 0.296. The third kappa shape index (κ3) is 3.65. The van der Waals surface area contributed by atoms with Crippen LogP contribution in [0, 0.1) is 13.8 Å². The molecule has 2 aromatic carbocycles. The van der Waals surface area contributed by atoms with E-state index in [-0.39, 0.29) is 17.3 Å². The number of rotatable bonds is 4. The van der Waals surface area contributed by atoms with E-state index in [9.17, 15) is 13.6 Å². The molecule has 5 nitrogen and oxygen atoms in total. The molecule has 0 radical (unpaired) electrons. The summed E-state index contributed by atoms with van der Waals surface area (Å²) in [6.07, 6.45) is 1.20. The predicted octanol–water partition coefficient (Wildman–Crippen LogP) is 6.33. The summed E-state index contributed by atoms with van der Waals surface area (Å²) in [6, 6.07) is 13.0. The fourth-order valence-corrected chi connectivity index (χ4v) is 5.18. The van der Waals surface area contributed by atoms with Crippen LogP contribution in [0.3, 0.4) is 0 Å². The Morgan fingerprint density at radius 1 is 1.18 bits per heavy atom. The number of H-pyrrole nitrogens is 1. The van der Waals surface area contributed by atoms with Crippen LogP contribution in [-0.4, -0.2) is 33.0 Å². The number of aryl methyl sites for hydroxylation is 2. The number of nitrogens with one attached hydrogen (secondary N) is 1. The molecular formula is C27H26F2N4O. The van der Waals surface area contributed by atoms with Crippen molar-refractivity contribution in [1.82, 2.24) is 20.1 Å². The summed E-state index contributed by atoms with van der Waals surface area (Å²) in [5.41, 5.74) is 7.04. The second kappa shape index (κ2) is 8.63. The summed E-state index contributed by atoms with van der Waals surface area (Å²) in [4.78, 5) is 18.9. The van der Waals surface area contributed by atoms with E-state index in [2.05, 4.69) is 45.5 Å². The quantitative estimate of drug-likeness (QED) is 0.387. The van der Waals surface area contributed by atoms with E-state index in [1.54, 1.807) is 11.9 Å². The normalized spacial score (nSPS) is 15.5. The molecule has 0 saturated carbocycles. The predicted molar refractivity (Wildman–Crippen MR) is 128 cm³/mol.